The molecule has 0 radical (unpaired) electrons. The van der Waals surface area contributed by atoms with Crippen LogP contribution < -0.4 is 0 Å². The largest absolute Gasteiger partial charge is 0.359 e. The highest BCUT2D eigenvalue weighted by Crippen LogP contribution is 2.19. The fraction of sp³-hybridized carbons (Fsp3) is 0.316. The Morgan fingerprint density at radius 3 is 2.56 bits per heavy atom. The zero-order valence-electron chi connectivity index (χ0n) is 15.8. The number of nitrogens with zero attached hydrogens (tertiary/aromatic N) is 5. The molecule has 8 nitrogen and oxygen atoms in total. The molecule has 0 aliphatic rings. The van der Waals surface area contributed by atoms with E-state index in [1.165, 1.54) is 6.92 Å². The normalized spacial score (nSPS) is 10.8. The minimum absolute atomic E-state index is 0.0534. The molecule has 3 aromatic rings. The van der Waals surface area contributed by atoms with E-state index < -0.39 is 0 Å². The van der Waals surface area contributed by atoms with Gasteiger partial charge in [0, 0.05) is 36.8 Å². The topological polar surface area (TPSA) is 94.1 Å². The molecule has 27 heavy (non-hydrogen) atoms. The van der Waals surface area contributed by atoms with Gasteiger partial charge >= 0.3 is 0 Å². The van der Waals surface area contributed by atoms with Crippen molar-refractivity contribution in [2.45, 2.75) is 33.9 Å². The molecule has 0 bridgehead atoms. The number of hydrogen-bond acceptors (Lipinski definition) is 6. The van der Waals surface area contributed by atoms with E-state index in [-0.39, 0.29) is 24.8 Å². The van der Waals surface area contributed by atoms with Gasteiger partial charge in [-0.05, 0) is 32.9 Å². The maximum absolute atomic E-state index is 12.5. The number of ketones is 1. The van der Waals surface area contributed by atoms with Crippen molar-refractivity contribution in [2.75, 3.05) is 7.05 Å². The molecule has 0 aromatic carbocycles. The van der Waals surface area contributed by atoms with Crippen molar-refractivity contribution in [2.24, 2.45) is 0 Å². The van der Waals surface area contributed by atoms with Gasteiger partial charge in [-0.15, -0.1) is 0 Å². The Morgan fingerprint density at radius 1 is 1.22 bits per heavy atom. The summed E-state index contributed by atoms with van der Waals surface area (Å²) < 4.78 is 6.90. The first kappa shape index (κ1) is 18.5. The Labute approximate surface area is 156 Å². The molecule has 0 atom stereocenters. The van der Waals surface area contributed by atoms with Crippen molar-refractivity contribution in [1.29, 1.82) is 0 Å². The van der Waals surface area contributed by atoms with Gasteiger partial charge in [0.1, 0.15) is 12.2 Å². The van der Waals surface area contributed by atoms with Gasteiger partial charge in [0.05, 0.1) is 17.8 Å². The molecule has 8 heteroatoms. The van der Waals surface area contributed by atoms with E-state index in [1.807, 2.05) is 12.1 Å². The van der Waals surface area contributed by atoms with Crippen LogP contribution in [-0.4, -0.2) is 43.6 Å². The third-order valence-electron chi connectivity index (χ3n) is 4.37. The standard InChI is InChI=1S/C19H21N5O3/c1-12-19(14(3)25)13(2)24(21-12)11-18(26)23(4)10-16-9-17(22-27-16)15-5-7-20-8-6-15/h5-9H,10-11H2,1-4H3. The van der Waals surface area contributed by atoms with Gasteiger partial charge in [-0.2, -0.15) is 5.10 Å². The molecule has 0 saturated carbocycles. The smallest absolute Gasteiger partial charge is 0.244 e. The van der Waals surface area contributed by atoms with E-state index in [9.17, 15) is 9.59 Å². The lowest BCUT2D eigenvalue weighted by Gasteiger charge is -2.15. The highest BCUT2D eigenvalue weighted by Gasteiger charge is 2.19. The summed E-state index contributed by atoms with van der Waals surface area (Å²) in [7, 11) is 1.69. The van der Waals surface area contributed by atoms with Gasteiger partial charge in [-0.1, -0.05) is 5.16 Å². The molecule has 0 fully saturated rings. The lowest BCUT2D eigenvalue weighted by Crippen LogP contribution is -2.30. The Bertz CT molecular complexity index is 975. The summed E-state index contributed by atoms with van der Waals surface area (Å²) in [6.45, 7) is 5.40. The predicted octanol–water partition coefficient (Wildman–Crippen LogP) is 2.41. The first-order chi connectivity index (χ1) is 12.9. The van der Waals surface area contributed by atoms with Crippen LogP contribution in [0.1, 0.15) is 34.4 Å². The first-order valence-electron chi connectivity index (χ1n) is 8.51. The summed E-state index contributed by atoms with van der Waals surface area (Å²) in [6, 6.07) is 5.48. The van der Waals surface area contributed by atoms with Gasteiger partial charge in [0.25, 0.3) is 0 Å². The number of rotatable bonds is 6. The molecule has 0 aliphatic heterocycles. The summed E-state index contributed by atoms with van der Waals surface area (Å²) in [5.74, 6) is 0.385. The molecule has 0 unspecified atom stereocenters. The number of amides is 1. The number of carbonyl (C=O) groups excluding carboxylic acids is 2. The Kier molecular flexibility index (Phi) is 5.16. The average molecular weight is 367 g/mol. The molecule has 0 spiro atoms. The van der Waals surface area contributed by atoms with E-state index in [0.29, 0.717) is 28.4 Å². The second-order valence-corrected chi connectivity index (χ2v) is 6.42. The number of pyridine rings is 1. The van der Waals surface area contributed by atoms with Crippen LogP contribution in [0.2, 0.25) is 0 Å². The molecule has 3 rings (SSSR count). The zero-order chi connectivity index (χ0) is 19.6. The van der Waals surface area contributed by atoms with Crippen LogP contribution in [0.3, 0.4) is 0 Å². The third kappa shape index (κ3) is 3.94. The minimum atomic E-state index is -0.141. The van der Waals surface area contributed by atoms with Crippen molar-refractivity contribution in [1.82, 2.24) is 24.8 Å². The van der Waals surface area contributed by atoms with Gasteiger partial charge in [0.15, 0.2) is 11.5 Å². The maximum Gasteiger partial charge on any atom is 0.244 e. The van der Waals surface area contributed by atoms with E-state index in [2.05, 4.69) is 15.2 Å². The number of aromatic nitrogens is 4. The van der Waals surface area contributed by atoms with E-state index in [1.54, 1.807) is 48.9 Å². The van der Waals surface area contributed by atoms with Crippen LogP contribution in [0, 0.1) is 13.8 Å². The number of carbonyl (C=O) groups is 2. The molecular formula is C19H21N5O3. The quantitative estimate of drug-likeness (QED) is 0.621. The first-order valence-corrected chi connectivity index (χ1v) is 8.51. The van der Waals surface area contributed by atoms with Crippen molar-refractivity contribution in [3.63, 3.8) is 0 Å². The van der Waals surface area contributed by atoms with Crippen LogP contribution in [0.4, 0.5) is 0 Å². The van der Waals surface area contributed by atoms with E-state index >= 15 is 0 Å². The number of Topliss-reactive ketones (excluding diaryl/α,β-unsaturated/α-hetero) is 1. The molecule has 0 aliphatic carbocycles. The van der Waals surface area contributed by atoms with E-state index in [4.69, 9.17) is 4.52 Å². The molecule has 0 N–H and O–H groups in total. The van der Waals surface area contributed by atoms with Gasteiger partial charge in [0.2, 0.25) is 5.91 Å². The minimum Gasteiger partial charge on any atom is -0.359 e. The average Bonchev–Trinajstić information content (AvgIpc) is 3.20. The monoisotopic (exact) mass is 367 g/mol. The molecule has 0 saturated heterocycles. The molecule has 3 heterocycles. The third-order valence-corrected chi connectivity index (χ3v) is 4.37. The summed E-state index contributed by atoms with van der Waals surface area (Å²) in [5, 5.41) is 8.35. The molecule has 3 aromatic heterocycles. The predicted molar refractivity (Wildman–Crippen MR) is 97.9 cm³/mol. The second kappa shape index (κ2) is 7.53. The Morgan fingerprint density at radius 2 is 1.93 bits per heavy atom. The SMILES string of the molecule is CC(=O)c1c(C)nn(CC(=O)N(C)Cc2cc(-c3ccncc3)no2)c1C. The van der Waals surface area contributed by atoms with Crippen LogP contribution >= 0.6 is 0 Å². The second-order valence-electron chi connectivity index (χ2n) is 6.42. The number of hydrogen-bond donors (Lipinski definition) is 0. The van der Waals surface area contributed by atoms with Crippen LogP contribution in [0.5, 0.6) is 0 Å². The van der Waals surface area contributed by atoms with Crippen molar-refractivity contribution < 1.29 is 14.1 Å². The van der Waals surface area contributed by atoms with Crippen LogP contribution in [0.15, 0.2) is 35.1 Å². The molecule has 140 valence electrons. The lowest BCUT2D eigenvalue weighted by atomic mass is 10.1. The molecule has 1 amide bonds. The number of likely N-dealkylation sites (N-methyl/N-ethyl adjacent to an activating group) is 1. The fourth-order valence-electron chi connectivity index (χ4n) is 2.98. The highest BCUT2D eigenvalue weighted by molar-refractivity contribution is 5.96. The Balaban J connectivity index is 1.68. The van der Waals surface area contributed by atoms with Gasteiger partial charge < -0.3 is 9.42 Å². The summed E-state index contributed by atoms with van der Waals surface area (Å²) in [4.78, 5) is 29.8. The summed E-state index contributed by atoms with van der Waals surface area (Å²) >= 11 is 0. The number of aryl methyl sites for hydroxylation is 1. The summed E-state index contributed by atoms with van der Waals surface area (Å²) in [6.07, 6.45) is 3.37. The molecular weight excluding hydrogens is 346 g/mol. The van der Waals surface area contributed by atoms with E-state index in [0.717, 1.165) is 5.56 Å². The van der Waals surface area contributed by atoms with Crippen LogP contribution in [-0.2, 0) is 17.9 Å². The van der Waals surface area contributed by atoms with Gasteiger partial charge in [-0.25, -0.2) is 0 Å². The zero-order valence-corrected chi connectivity index (χ0v) is 15.8. The lowest BCUT2D eigenvalue weighted by molar-refractivity contribution is -0.131. The van der Waals surface area contributed by atoms with Crippen molar-refractivity contribution in [3.8, 4) is 11.3 Å². The van der Waals surface area contributed by atoms with Crippen molar-refractivity contribution in [3.05, 3.63) is 53.3 Å². The fourth-order valence-corrected chi connectivity index (χ4v) is 2.98. The van der Waals surface area contributed by atoms with Gasteiger partial charge in [-0.3, -0.25) is 19.3 Å². The Hall–Kier alpha value is -3.29. The van der Waals surface area contributed by atoms with Crippen LogP contribution in [0.25, 0.3) is 11.3 Å². The summed E-state index contributed by atoms with van der Waals surface area (Å²) in [5.41, 5.74) is 3.49. The maximum atomic E-state index is 12.5. The highest BCUT2D eigenvalue weighted by atomic mass is 16.5. The van der Waals surface area contributed by atoms with Crippen molar-refractivity contribution >= 4 is 11.7 Å².